The maximum Gasteiger partial charge on any atom is 0.416 e. The number of alkyl halides is 3. The molecule has 1 fully saturated rings. The number of carbonyl (C=O) groups excluding carboxylic acids is 1. The second kappa shape index (κ2) is 5.73. The molecule has 2 atom stereocenters. The smallest absolute Gasteiger partial charge is 0.416 e. The van der Waals surface area contributed by atoms with Gasteiger partial charge in [0.2, 0.25) is 0 Å². The van der Waals surface area contributed by atoms with E-state index in [9.17, 15) is 18.0 Å². The number of hydrogen-bond donors (Lipinski definition) is 0. The van der Waals surface area contributed by atoms with Gasteiger partial charge in [-0.1, -0.05) is 6.07 Å². The molecule has 0 heterocycles. The molecule has 0 aromatic heterocycles. The van der Waals surface area contributed by atoms with E-state index >= 15 is 0 Å². The molecule has 1 aliphatic carbocycles. The summed E-state index contributed by atoms with van der Waals surface area (Å²) >= 11 is 0. The summed E-state index contributed by atoms with van der Waals surface area (Å²) in [7, 11) is 0. The van der Waals surface area contributed by atoms with Gasteiger partial charge in [-0.2, -0.15) is 13.2 Å². The highest BCUT2D eigenvalue weighted by molar-refractivity contribution is 5.75. The third kappa shape index (κ3) is 3.65. The Morgan fingerprint density at radius 2 is 2.15 bits per heavy atom. The third-order valence-electron chi connectivity index (χ3n) is 3.14. The number of benzene rings is 1. The molecule has 110 valence electrons. The molecule has 0 amide bonds. The van der Waals surface area contributed by atoms with Gasteiger partial charge in [-0.15, -0.1) is 0 Å². The van der Waals surface area contributed by atoms with E-state index in [4.69, 9.17) is 9.47 Å². The molecule has 1 aliphatic rings. The van der Waals surface area contributed by atoms with Crippen LogP contribution in [-0.4, -0.2) is 19.2 Å². The molecule has 20 heavy (non-hydrogen) atoms. The van der Waals surface area contributed by atoms with Gasteiger partial charge in [0.15, 0.2) is 0 Å². The van der Waals surface area contributed by atoms with E-state index in [0.717, 1.165) is 12.1 Å². The SMILES string of the molecule is CCOC(=O)C1CC1COc1cccc(C(F)(F)F)c1. The van der Waals surface area contributed by atoms with Gasteiger partial charge >= 0.3 is 12.1 Å². The van der Waals surface area contributed by atoms with Crippen LogP contribution in [-0.2, 0) is 15.7 Å². The normalized spacial score (nSPS) is 21.4. The number of ether oxygens (including phenoxy) is 2. The summed E-state index contributed by atoms with van der Waals surface area (Å²) in [5.41, 5.74) is -0.743. The molecule has 6 heteroatoms. The van der Waals surface area contributed by atoms with Crippen molar-refractivity contribution in [2.45, 2.75) is 19.5 Å². The molecule has 3 nitrogen and oxygen atoms in total. The van der Waals surface area contributed by atoms with Crippen molar-refractivity contribution in [2.75, 3.05) is 13.2 Å². The first kappa shape index (κ1) is 14.7. The van der Waals surface area contributed by atoms with Crippen molar-refractivity contribution in [2.24, 2.45) is 11.8 Å². The molecule has 0 spiro atoms. The van der Waals surface area contributed by atoms with Crippen LogP contribution >= 0.6 is 0 Å². The summed E-state index contributed by atoms with van der Waals surface area (Å²) in [5.74, 6) is -0.246. The van der Waals surface area contributed by atoms with Crippen molar-refractivity contribution >= 4 is 5.97 Å². The van der Waals surface area contributed by atoms with E-state index in [0.29, 0.717) is 13.0 Å². The Labute approximate surface area is 114 Å². The van der Waals surface area contributed by atoms with Crippen molar-refractivity contribution in [1.82, 2.24) is 0 Å². The van der Waals surface area contributed by atoms with Gasteiger partial charge in [0, 0.05) is 5.92 Å². The van der Waals surface area contributed by atoms with E-state index < -0.39 is 11.7 Å². The Morgan fingerprint density at radius 3 is 2.80 bits per heavy atom. The van der Waals surface area contributed by atoms with Gasteiger partial charge in [-0.25, -0.2) is 0 Å². The fourth-order valence-electron chi connectivity index (χ4n) is 1.94. The average molecular weight is 288 g/mol. The lowest BCUT2D eigenvalue weighted by Gasteiger charge is -2.10. The van der Waals surface area contributed by atoms with Crippen LogP contribution in [0.15, 0.2) is 24.3 Å². The van der Waals surface area contributed by atoms with E-state index in [1.54, 1.807) is 6.92 Å². The monoisotopic (exact) mass is 288 g/mol. The number of carbonyl (C=O) groups is 1. The van der Waals surface area contributed by atoms with E-state index in [2.05, 4.69) is 0 Å². The Kier molecular flexibility index (Phi) is 4.20. The molecular weight excluding hydrogens is 273 g/mol. The zero-order valence-corrected chi connectivity index (χ0v) is 10.9. The highest BCUT2D eigenvalue weighted by Gasteiger charge is 2.44. The van der Waals surface area contributed by atoms with E-state index in [-0.39, 0.29) is 30.2 Å². The molecule has 0 radical (unpaired) electrons. The van der Waals surface area contributed by atoms with Gasteiger partial charge in [0.25, 0.3) is 0 Å². The summed E-state index contributed by atoms with van der Waals surface area (Å²) in [6.07, 6.45) is -3.72. The Hall–Kier alpha value is -1.72. The van der Waals surface area contributed by atoms with Crippen LogP contribution in [0.1, 0.15) is 18.9 Å². The van der Waals surface area contributed by atoms with Crippen LogP contribution < -0.4 is 4.74 Å². The van der Waals surface area contributed by atoms with Gasteiger partial charge in [-0.3, -0.25) is 4.79 Å². The Balaban J connectivity index is 1.85. The standard InChI is InChI=1S/C14H15F3O3/c1-2-19-13(18)12-6-9(12)8-20-11-5-3-4-10(7-11)14(15,16)17/h3-5,7,9,12H,2,6,8H2,1H3. The van der Waals surface area contributed by atoms with Crippen molar-refractivity contribution in [3.05, 3.63) is 29.8 Å². The van der Waals surface area contributed by atoms with Gasteiger partial charge in [0.05, 0.1) is 24.7 Å². The quantitative estimate of drug-likeness (QED) is 0.780. The molecular formula is C14H15F3O3. The number of hydrogen-bond acceptors (Lipinski definition) is 3. The largest absolute Gasteiger partial charge is 0.493 e. The highest BCUT2D eigenvalue weighted by atomic mass is 19.4. The van der Waals surface area contributed by atoms with Crippen LogP contribution in [0.5, 0.6) is 5.75 Å². The lowest BCUT2D eigenvalue weighted by atomic mass is 10.2. The van der Waals surface area contributed by atoms with Crippen molar-refractivity contribution in [1.29, 1.82) is 0 Å². The highest BCUT2D eigenvalue weighted by Crippen LogP contribution is 2.40. The molecule has 2 unspecified atom stereocenters. The lowest BCUT2D eigenvalue weighted by Crippen LogP contribution is -2.11. The molecule has 1 saturated carbocycles. The lowest BCUT2D eigenvalue weighted by molar-refractivity contribution is -0.145. The summed E-state index contributed by atoms with van der Waals surface area (Å²) in [4.78, 5) is 11.4. The number of halogens is 3. The Bertz CT molecular complexity index is 485. The van der Waals surface area contributed by atoms with Crippen LogP contribution in [0.3, 0.4) is 0 Å². The van der Waals surface area contributed by atoms with Crippen LogP contribution in [0.2, 0.25) is 0 Å². The first-order valence-corrected chi connectivity index (χ1v) is 6.38. The van der Waals surface area contributed by atoms with Crippen LogP contribution in [0, 0.1) is 11.8 Å². The second-order valence-corrected chi connectivity index (χ2v) is 4.69. The molecule has 0 aliphatic heterocycles. The molecule has 0 N–H and O–H groups in total. The first-order valence-electron chi connectivity index (χ1n) is 6.38. The molecule has 0 bridgehead atoms. The fourth-order valence-corrected chi connectivity index (χ4v) is 1.94. The molecule has 2 rings (SSSR count). The summed E-state index contributed by atoms with van der Waals surface area (Å²) < 4.78 is 47.7. The van der Waals surface area contributed by atoms with Crippen molar-refractivity contribution in [3.63, 3.8) is 0 Å². The summed E-state index contributed by atoms with van der Waals surface area (Å²) in [6, 6.07) is 4.72. The Morgan fingerprint density at radius 1 is 1.40 bits per heavy atom. The minimum atomic E-state index is -4.38. The zero-order valence-electron chi connectivity index (χ0n) is 10.9. The second-order valence-electron chi connectivity index (χ2n) is 4.69. The molecule has 1 aromatic carbocycles. The predicted molar refractivity (Wildman–Crippen MR) is 65.2 cm³/mol. The van der Waals surface area contributed by atoms with Crippen LogP contribution in [0.4, 0.5) is 13.2 Å². The van der Waals surface area contributed by atoms with E-state index in [1.165, 1.54) is 12.1 Å². The molecule has 1 aromatic rings. The minimum absolute atomic E-state index is 0.0311. The maximum absolute atomic E-state index is 12.5. The van der Waals surface area contributed by atoms with Crippen molar-refractivity contribution < 1.29 is 27.4 Å². The summed E-state index contributed by atoms with van der Waals surface area (Å²) in [5, 5.41) is 0. The van der Waals surface area contributed by atoms with Gasteiger partial charge in [0.1, 0.15) is 5.75 Å². The fraction of sp³-hybridized carbons (Fsp3) is 0.500. The zero-order chi connectivity index (χ0) is 14.8. The maximum atomic E-state index is 12.5. The topological polar surface area (TPSA) is 35.5 Å². The van der Waals surface area contributed by atoms with Crippen molar-refractivity contribution in [3.8, 4) is 5.75 Å². The van der Waals surface area contributed by atoms with Gasteiger partial charge < -0.3 is 9.47 Å². The average Bonchev–Trinajstić information content (AvgIpc) is 3.16. The summed E-state index contributed by atoms with van der Waals surface area (Å²) in [6.45, 7) is 2.29. The van der Waals surface area contributed by atoms with Gasteiger partial charge in [-0.05, 0) is 31.5 Å². The van der Waals surface area contributed by atoms with E-state index in [1.807, 2.05) is 0 Å². The van der Waals surface area contributed by atoms with Crippen LogP contribution in [0.25, 0.3) is 0 Å². The third-order valence-corrected chi connectivity index (χ3v) is 3.14. The first-order chi connectivity index (χ1) is 9.41. The molecule has 0 saturated heterocycles. The number of esters is 1. The number of rotatable bonds is 5. The minimum Gasteiger partial charge on any atom is -0.493 e. The predicted octanol–water partition coefficient (Wildman–Crippen LogP) is 3.28.